The Kier molecular flexibility index (Phi) is 7.09. The molecule has 0 unspecified atom stereocenters. The highest BCUT2D eigenvalue weighted by Gasteiger charge is 2.25. The first-order valence-electron chi connectivity index (χ1n) is 13.6. The van der Waals surface area contributed by atoms with Crippen molar-refractivity contribution in [3.63, 3.8) is 0 Å². The smallest absolute Gasteiger partial charge is 0.115 e. The van der Waals surface area contributed by atoms with E-state index in [0.29, 0.717) is 17.6 Å². The highest BCUT2D eigenvalue weighted by molar-refractivity contribution is 5.52. The molecule has 0 atom stereocenters. The van der Waals surface area contributed by atoms with Crippen LogP contribution >= 0.6 is 0 Å². The van der Waals surface area contributed by atoms with E-state index in [9.17, 15) is 5.11 Å². The maximum atomic E-state index is 10.4. The summed E-state index contributed by atoms with van der Waals surface area (Å²) in [7, 11) is 0. The van der Waals surface area contributed by atoms with Crippen LogP contribution < -0.4 is 0 Å². The Balaban J connectivity index is 1.63. The first-order valence-corrected chi connectivity index (χ1v) is 13.6. The zero-order valence-electron chi connectivity index (χ0n) is 21.0. The Labute approximate surface area is 206 Å². The second-order valence-corrected chi connectivity index (χ2v) is 10.9. The van der Waals surface area contributed by atoms with Crippen molar-refractivity contribution in [3.05, 3.63) is 99.6 Å². The monoisotopic (exact) mass is 452 g/mol. The minimum absolute atomic E-state index is 0.138. The summed E-state index contributed by atoms with van der Waals surface area (Å²) in [5.41, 5.74) is 9.69. The minimum atomic E-state index is 0.138. The van der Waals surface area contributed by atoms with Gasteiger partial charge in [-0.1, -0.05) is 87.1 Å². The average Bonchev–Trinajstić information content (AvgIpc) is 2.87. The zero-order valence-corrected chi connectivity index (χ0v) is 21.0. The fourth-order valence-corrected chi connectivity index (χ4v) is 6.55. The molecule has 3 aromatic rings. The standard InChI is InChI=1S/C33H40O/c1-23-16-18-27(25-10-5-3-6-11-25)21-31(23)33(29-14-9-15-30(34)20-29)32-22-28(19-17-24(32)2)26-12-7-4-8-13-26/h9,14-22,25-26,33-34H,3-8,10-13H2,1-2H3. The van der Waals surface area contributed by atoms with Crippen LogP contribution in [0.15, 0.2) is 60.7 Å². The van der Waals surface area contributed by atoms with Crippen LogP contribution in [0.4, 0.5) is 0 Å². The number of hydrogen-bond acceptors (Lipinski definition) is 1. The highest BCUT2D eigenvalue weighted by atomic mass is 16.3. The van der Waals surface area contributed by atoms with Gasteiger partial charge in [0.2, 0.25) is 0 Å². The summed E-state index contributed by atoms with van der Waals surface area (Å²) >= 11 is 0. The average molecular weight is 453 g/mol. The number of rotatable bonds is 5. The number of phenols is 1. The maximum Gasteiger partial charge on any atom is 0.115 e. The van der Waals surface area contributed by atoms with Crippen LogP contribution in [0.1, 0.15) is 121 Å². The molecule has 2 saturated carbocycles. The Morgan fingerprint density at radius 3 is 1.59 bits per heavy atom. The summed E-state index contributed by atoms with van der Waals surface area (Å²) in [5.74, 6) is 1.86. The molecule has 2 aliphatic carbocycles. The van der Waals surface area contributed by atoms with Crippen LogP contribution in [-0.2, 0) is 0 Å². The van der Waals surface area contributed by atoms with Crippen molar-refractivity contribution in [2.45, 2.75) is 95.8 Å². The number of benzene rings is 3. The predicted molar refractivity (Wildman–Crippen MR) is 143 cm³/mol. The lowest BCUT2D eigenvalue weighted by Gasteiger charge is -2.28. The summed E-state index contributed by atoms with van der Waals surface area (Å²) in [4.78, 5) is 0. The molecule has 0 saturated heterocycles. The molecule has 0 bridgehead atoms. The Hall–Kier alpha value is -2.54. The number of aryl methyl sites for hydroxylation is 2. The second kappa shape index (κ2) is 10.4. The van der Waals surface area contributed by atoms with E-state index in [1.807, 2.05) is 12.1 Å². The van der Waals surface area contributed by atoms with E-state index in [4.69, 9.17) is 0 Å². The molecule has 34 heavy (non-hydrogen) atoms. The van der Waals surface area contributed by atoms with Gasteiger partial charge in [0.15, 0.2) is 0 Å². The van der Waals surface area contributed by atoms with Crippen LogP contribution in [0.3, 0.4) is 0 Å². The van der Waals surface area contributed by atoms with Gasteiger partial charge in [-0.15, -0.1) is 0 Å². The fourth-order valence-electron chi connectivity index (χ4n) is 6.55. The summed E-state index contributed by atoms with van der Waals surface area (Å²) < 4.78 is 0. The van der Waals surface area contributed by atoms with Gasteiger partial charge in [-0.25, -0.2) is 0 Å². The van der Waals surface area contributed by atoms with Gasteiger partial charge in [-0.2, -0.15) is 0 Å². The van der Waals surface area contributed by atoms with Gasteiger partial charge in [-0.05, 0) is 102 Å². The molecule has 178 valence electrons. The molecular weight excluding hydrogens is 412 g/mol. The van der Waals surface area contributed by atoms with Crippen molar-refractivity contribution < 1.29 is 5.11 Å². The summed E-state index contributed by atoms with van der Waals surface area (Å²) in [6.45, 7) is 4.52. The second-order valence-electron chi connectivity index (χ2n) is 10.9. The first-order chi connectivity index (χ1) is 16.6. The van der Waals surface area contributed by atoms with E-state index in [-0.39, 0.29) is 5.92 Å². The van der Waals surface area contributed by atoms with Gasteiger partial charge in [-0.3, -0.25) is 0 Å². The van der Waals surface area contributed by atoms with Crippen molar-refractivity contribution in [2.75, 3.05) is 0 Å². The van der Waals surface area contributed by atoms with E-state index < -0.39 is 0 Å². The van der Waals surface area contributed by atoms with E-state index in [1.54, 1.807) is 6.07 Å². The van der Waals surface area contributed by atoms with Crippen molar-refractivity contribution in [3.8, 4) is 5.75 Å². The Morgan fingerprint density at radius 1 is 0.618 bits per heavy atom. The van der Waals surface area contributed by atoms with Gasteiger partial charge in [0.1, 0.15) is 5.75 Å². The van der Waals surface area contributed by atoms with Gasteiger partial charge in [0.25, 0.3) is 0 Å². The van der Waals surface area contributed by atoms with Gasteiger partial charge in [0, 0.05) is 5.92 Å². The van der Waals surface area contributed by atoms with Gasteiger partial charge < -0.3 is 5.11 Å². The molecule has 2 fully saturated rings. The lowest BCUT2D eigenvalue weighted by molar-refractivity contribution is 0.443. The van der Waals surface area contributed by atoms with Crippen LogP contribution in [0, 0.1) is 13.8 Å². The normalized spacial score (nSPS) is 17.9. The molecule has 3 aromatic carbocycles. The molecule has 0 amide bonds. The van der Waals surface area contributed by atoms with E-state index in [0.717, 1.165) is 0 Å². The van der Waals surface area contributed by atoms with Crippen LogP contribution in [0.25, 0.3) is 0 Å². The third-order valence-corrected chi connectivity index (χ3v) is 8.59. The fraction of sp³-hybridized carbons (Fsp3) is 0.455. The number of phenolic OH excluding ortho intramolecular Hbond substituents is 1. The van der Waals surface area contributed by atoms with E-state index in [2.05, 4.69) is 56.3 Å². The number of aromatic hydroxyl groups is 1. The quantitative estimate of drug-likeness (QED) is 0.382. The molecule has 1 heteroatoms. The van der Waals surface area contributed by atoms with Gasteiger partial charge >= 0.3 is 0 Å². The molecule has 0 spiro atoms. The SMILES string of the molecule is Cc1ccc(C2CCCCC2)cc1C(c1cccc(O)c1)c1cc(C2CCCCC2)ccc1C. The Bertz CT molecular complexity index is 1050. The molecule has 0 radical (unpaired) electrons. The van der Waals surface area contributed by atoms with Gasteiger partial charge in [0.05, 0.1) is 0 Å². The summed E-state index contributed by atoms with van der Waals surface area (Å²) in [6.07, 6.45) is 13.4. The highest BCUT2D eigenvalue weighted by Crippen LogP contribution is 2.42. The topological polar surface area (TPSA) is 20.2 Å². The summed E-state index contributed by atoms with van der Waals surface area (Å²) in [6, 6.07) is 22.4. The summed E-state index contributed by atoms with van der Waals surface area (Å²) in [5, 5.41) is 10.4. The van der Waals surface area contributed by atoms with Crippen molar-refractivity contribution >= 4 is 0 Å². The lowest BCUT2D eigenvalue weighted by atomic mass is 9.76. The predicted octanol–water partition coefficient (Wildman–Crippen LogP) is 9.28. The molecule has 0 aliphatic heterocycles. The molecule has 1 nitrogen and oxygen atoms in total. The van der Waals surface area contributed by atoms with Crippen LogP contribution in [0.2, 0.25) is 0 Å². The van der Waals surface area contributed by atoms with E-state index >= 15 is 0 Å². The first kappa shape index (κ1) is 23.2. The van der Waals surface area contributed by atoms with E-state index in [1.165, 1.54) is 103 Å². The van der Waals surface area contributed by atoms with Crippen LogP contribution in [-0.4, -0.2) is 5.11 Å². The largest absolute Gasteiger partial charge is 0.508 e. The molecule has 0 aromatic heterocycles. The molecule has 0 heterocycles. The zero-order chi connectivity index (χ0) is 23.5. The van der Waals surface area contributed by atoms with Crippen molar-refractivity contribution in [2.24, 2.45) is 0 Å². The molecule has 2 aliphatic rings. The van der Waals surface area contributed by atoms with Crippen molar-refractivity contribution in [1.82, 2.24) is 0 Å². The molecule has 5 rings (SSSR count). The third kappa shape index (κ3) is 4.95. The van der Waals surface area contributed by atoms with Crippen LogP contribution in [0.5, 0.6) is 5.75 Å². The number of hydrogen-bond donors (Lipinski definition) is 1. The maximum absolute atomic E-state index is 10.4. The Morgan fingerprint density at radius 2 is 1.12 bits per heavy atom. The minimum Gasteiger partial charge on any atom is -0.508 e. The lowest BCUT2D eigenvalue weighted by Crippen LogP contribution is -2.12. The molecular formula is C33H40O. The van der Waals surface area contributed by atoms with Crippen molar-refractivity contribution in [1.29, 1.82) is 0 Å². The third-order valence-electron chi connectivity index (χ3n) is 8.59. The molecule has 1 N–H and O–H groups in total.